The zero-order chi connectivity index (χ0) is 28.7. The third-order valence-electron chi connectivity index (χ3n) is 6.20. The lowest BCUT2D eigenvalue weighted by molar-refractivity contribution is -0.143. The van der Waals surface area contributed by atoms with Crippen LogP contribution in [0.1, 0.15) is 16.2 Å². The second kappa shape index (κ2) is 10.4. The lowest BCUT2D eigenvalue weighted by Crippen LogP contribution is -2.21. The summed E-state index contributed by atoms with van der Waals surface area (Å²) in [6, 6.07) is 19.1. The maximum absolute atomic E-state index is 14.0. The van der Waals surface area contributed by atoms with Crippen LogP contribution in [0.25, 0.3) is 38.3 Å². The first-order chi connectivity index (χ1) is 19.7. The first kappa shape index (κ1) is 26.5. The fourth-order valence-corrected chi connectivity index (χ4v) is 5.26. The summed E-state index contributed by atoms with van der Waals surface area (Å²) in [4.78, 5) is 22.6. The molecule has 13 heteroatoms. The number of alkyl halides is 3. The molecule has 3 aromatic heterocycles. The largest absolute Gasteiger partial charge is 0.435 e. The standard InChI is InChI=1S/C28H15ClF4N6OS/c29-21-13-17(9-10-22(21)30)39-25(28(31,32)33)24(37-38-39)26(40)36-16-7-5-15(6-8-16)18-3-1-2-4-19(18)23-20-11-12-41-27(20)35-14-34-23/h1-14H,(H,36,40). The molecule has 0 fully saturated rings. The number of anilines is 1. The predicted octanol–water partition coefficient (Wildman–Crippen LogP) is 7.67. The maximum atomic E-state index is 14.0. The molecule has 0 aliphatic heterocycles. The average molecular weight is 595 g/mol. The minimum Gasteiger partial charge on any atom is -0.321 e. The van der Waals surface area contributed by atoms with Crippen molar-refractivity contribution in [3.63, 3.8) is 0 Å². The zero-order valence-corrected chi connectivity index (χ0v) is 22.1. The van der Waals surface area contributed by atoms with Crippen LogP contribution >= 0.6 is 22.9 Å². The number of aromatic nitrogens is 5. The second-order valence-corrected chi connectivity index (χ2v) is 10.0. The highest BCUT2D eigenvalue weighted by atomic mass is 35.5. The van der Waals surface area contributed by atoms with E-state index < -0.39 is 34.3 Å². The molecule has 7 nitrogen and oxygen atoms in total. The molecule has 1 N–H and O–H groups in total. The summed E-state index contributed by atoms with van der Waals surface area (Å²) in [5, 5.41) is 11.9. The Kier molecular flexibility index (Phi) is 6.72. The fourth-order valence-electron chi connectivity index (χ4n) is 4.36. The van der Waals surface area contributed by atoms with Crippen LogP contribution in [-0.2, 0) is 6.18 Å². The van der Waals surface area contributed by atoms with E-state index in [0.717, 1.165) is 50.8 Å². The average Bonchev–Trinajstić information content (AvgIpc) is 3.63. The predicted molar refractivity (Wildman–Crippen MR) is 148 cm³/mol. The van der Waals surface area contributed by atoms with Gasteiger partial charge in [-0.05, 0) is 52.9 Å². The van der Waals surface area contributed by atoms with Crippen LogP contribution in [0.3, 0.4) is 0 Å². The molecule has 204 valence electrons. The lowest BCUT2D eigenvalue weighted by atomic mass is 9.96. The molecule has 0 aliphatic carbocycles. The normalized spacial score (nSPS) is 11.6. The molecule has 0 atom stereocenters. The van der Waals surface area contributed by atoms with Crippen LogP contribution in [0.15, 0.2) is 84.5 Å². The van der Waals surface area contributed by atoms with Gasteiger partial charge in [0.15, 0.2) is 11.4 Å². The van der Waals surface area contributed by atoms with Gasteiger partial charge in [0.25, 0.3) is 5.91 Å². The molecule has 0 aliphatic rings. The SMILES string of the molecule is O=C(Nc1ccc(-c2ccccc2-c2ncnc3sccc23)cc1)c1nnn(-c2ccc(F)c(Cl)c2)c1C(F)(F)F. The molecular weight excluding hydrogens is 580 g/mol. The Morgan fingerprint density at radius 3 is 2.44 bits per heavy atom. The van der Waals surface area contributed by atoms with E-state index in [0.29, 0.717) is 4.68 Å². The number of rotatable bonds is 5. The number of hydrogen-bond acceptors (Lipinski definition) is 6. The maximum Gasteiger partial charge on any atom is 0.435 e. The summed E-state index contributed by atoms with van der Waals surface area (Å²) < 4.78 is 56.0. The summed E-state index contributed by atoms with van der Waals surface area (Å²) in [5.74, 6) is -1.93. The van der Waals surface area contributed by atoms with Gasteiger partial charge in [-0.3, -0.25) is 4.79 Å². The van der Waals surface area contributed by atoms with Gasteiger partial charge in [0, 0.05) is 16.6 Å². The van der Waals surface area contributed by atoms with Crippen LogP contribution in [0.4, 0.5) is 23.2 Å². The molecule has 3 aromatic carbocycles. The van der Waals surface area contributed by atoms with Crippen molar-refractivity contribution in [1.29, 1.82) is 0 Å². The van der Waals surface area contributed by atoms with E-state index in [1.807, 2.05) is 35.7 Å². The van der Waals surface area contributed by atoms with E-state index in [-0.39, 0.29) is 11.4 Å². The highest BCUT2D eigenvalue weighted by Crippen LogP contribution is 2.36. The van der Waals surface area contributed by atoms with Crippen molar-refractivity contribution in [2.24, 2.45) is 0 Å². The molecule has 3 heterocycles. The van der Waals surface area contributed by atoms with Crippen molar-refractivity contribution in [2.45, 2.75) is 6.18 Å². The number of carbonyl (C=O) groups excluding carboxylic acids is 1. The van der Waals surface area contributed by atoms with E-state index in [2.05, 4.69) is 25.6 Å². The van der Waals surface area contributed by atoms with Gasteiger partial charge in [-0.15, -0.1) is 16.4 Å². The van der Waals surface area contributed by atoms with E-state index in [9.17, 15) is 22.4 Å². The molecule has 0 bridgehead atoms. The summed E-state index contributed by atoms with van der Waals surface area (Å²) in [6.45, 7) is 0. The molecule has 0 radical (unpaired) electrons. The Balaban J connectivity index is 1.30. The Morgan fingerprint density at radius 1 is 0.951 bits per heavy atom. The number of fused-ring (bicyclic) bond motifs is 1. The second-order valence-electron chi connectivity index (χ2n) is 8.73. The number of amides is 1. The van der Waals surface area contributed by atoms with Crippen LogP contribution in [0, 0.1) is 5.82 Å². The van der Waals surface area contributed by atoms with Gasteiger partial charge in [-0.1, -0.05) is 53.2 Å². The van der Waals surface area contributed by atoms with Crippen molar-refractivity contribution in [3.05, 3.63) is 107 Å². The monoisotopic (exact) mass is 594 g/mol. The first-order valence-electron chi connectivity index (χ1n) is 11.9. The molecule has 6 rings (SSSR count). The van der Waals surface area contributed by atoms with Crippen molar-refractivity contribution >= 4 is 44.7 Å². The van der Waals surface area contributed by atoms with Gasteiger partial charge < -0.3 is 5.32 Å². The number of hydrogen-bond donors (Lipinski definition) is 1. The highest BCUT2D eigenvalue weighted by Gasteiger charge is 2.42. The van der Waals surface area contributed by atoms with Crippen LogP contribution in [0.5, 0.6) is 0 Å². The molecule has 6 aromatic rings. The van der Waals surface area contributed by atoms with Gasteiger partial charge in [-0.2, -0.15) is 13.2 Å². The van der Waals surface area contributed by atoms with Gasteiger partial charge in [-0.25, -0.2) is 19.0 Å². The molecular formula is C28H15ClF4N6OS. The topological polar surface area (TPSA) is 85.6 Å². The third kappa shape index (κ3) is 5.03. The van der Waals surface area contributed by atoms with Gasteiger partial charge >= 0.3 is 6.18 Å². The Bertz CT molecular complexity index is 1920. The van der Waals surface area contributed by atoms with Gasteiger partial charge in [0.05, 0.1) is 16.4 Å². The quantitative estimate of drug-likeness (QED) is 0.207. The van der Waals surface area contributed by atoms with Crippen LogP contribution in [0.2, 0.25) is 5.02 Å². The summed E-state index contributed by atoms with van der Waals surface area (Å²) >= 11 is 7.24. The molecule has 0 saturated carbocycles. The Labute approximate surface area is 238 Å². The minimum absolute atomic E-state index is 0.207. The Hall–Kier alpha value is -4.68. The summed E-state index contributed by atoms with van der Waals surface area (Å²) in [6.07, 6.45) is -3.49. The van der Waals surface area contributed by atoms with Crippen molar-refractivity contribution < 1.29 is 22.4 Å². The summed E-state index contributed by atoms with van der Waals surface area (Å²) in [5.41, 5.74) is 0.987. The smallest absolute Gasteiger partial charge is 0.321 e. The number of thiophene rings is 1. The zero-order valence-electron chi connectivity index (χ0n) is 20.5. The lowest BCUT2D eigenvalue weighted by Gasteiger charge is -2.12. The minimum atomic E-state index is -5.00. The fraction of sp³-hybridized carbons (Fsp3) is 0.0357. The summed E-state index contributed by atoms with van der Waals surface area (Å²) in [7, 11) is 0. The van der Waals surface area contributed by atoms with Gasteiger partial charge in [0.2, 0.25) is 0 Å². The molecule has 0 saturated heterocycles. The number of nitrogens with zero attached hydrogens (tertiary/aromatic N) is 5. The van der Waals surface area contributed by atoms with Crippen molar-refractivity contribution in [2.75, 3.05) is 5.32 Å². The van der Waals surface area contributed by atoms with Crippen LogP contribution < -0.4 is 5.32 Å². The number of nitrogens with one attached hydrogen (secondary N) is 1. The molecule has 1 amide bonds. The highest BCUT2D eigenvalue weighted by molar-refractivity contribution is 7.16. The van der Waals surface area contributed by atoms with Crippen LogP contribution in [-0.4, -0.2) is 30.9 Å². The molecule has 41 heavy (non-hydrogen) atoms. The van der Waals surface area contributed by atoms with E-state index in [1.54, 1.807) is 24.3 Å². The van der Waals surface area contributed by atoms with Crippen molar-refractivity contribution in [3.8, 4) is 28.1 Å². The van der Waals surface area contributed by atoms with Gasteiger partial charge in [0.1, 0.15) is 17.0 Å². The molecule has 0 unspecified atom stereocenters. The molecule has 0 spiro atoms. The Morgan fingerprint density at radius 2 is 1.71 bits per heavy atom. The number of halogens is 5. The number of benzene rings is 3. The van der Waals surface area contributed by atoms with E-state index in [1.165, 1.54) is 17.7 Å². The first-order valence-corrected chi connectivity index (χ1v) is 13.1. The van der Waals surface area contributed by atoms with Crippen molar-refractivity contribution in [1.82, 2.24) is 25.0 Å². The number of carbonyl (C=O) groups is 1. The van der Waals surface area contributed by atoms with E-state index >= 15 is 0 Å². The van der Waals surface area contributed by atoms with E-state index in [4.69, 9.17) is 11.6 Å². The third-order valence-corrected chi connectivity index (χ3v) is 7.31.